The molecule has 4 N–H and O–H groups in total. The van der Waals surface area contributed by atoms with E-state index in [1.807, 2.05) is 0 Å². The highest BCUT2D eigenvalue weighted by Crippen LogP contribution is 2.47. The number of aromatic hydroxyl groups is 1. The highest BCUT2D eigenvalue weighted by atomic mass is 32.5. The molecule has 130 valence electrons. The highest BCUT2D eigenvalue weighted by molar-refractivity contribution is 8.07. The van der Waals surface area contributed by atoms with E-state index in [9.17, 15) is 14.8 Å². The molecule has 1 fully saturated rings. The molecule has 1 aromatic rings. The second-order valence-electron chi connectivity index (χ2n) is 4.82. The van der Waals surface area contributed by atoms with Crippen molar-refractivity contribution in [1.29, 1.82) is 0 Å². The number of aromatic nitrogens is 2. The Hall–Kier alpha value is -1.07. The Labute approximate surface area is 137 Å². The molecule has 2 heterocycles. The van der Waals surface area contributed by atoms with Crippen LogP contribution in [0.25, 0.3) is 0 Å². The zero-order chi connectivity index (χ0) is 17.2. The molecular weight excluding hydrogens is 349 g/mol. The van der Waals surface area contributed by atoms with Gasteiger partial charge in [-0.3, -0.25) is 4.57 Å². The summed E-state index contributed by atoms with van der Waals surface area (Å²) >= 11 is 4.83. The van der Waals surface area contributed by atoms with Crippen molar-refractivity contribution in [1.82, 2.24) is 9.55 Å². The Morgan fingerprint density at radius 1 is 1.61 bits per heavy atom. The molecule has 23 heavy (non-hydrogen) atoms. The van der Waals surface area contributed by atoms with E-state index < -0.39 is 30.8 Å². The van der Waals surface area contributed by atoms with Gasteiger partial charge in [0.2, 0.25) is 0 Å². The Morgan fingerprint density at radius 3 is 2.91 bits per heavy atom. The number of hydrogen-bond donors (Lipinski definition) is 3. The molecule has 0 spiro atoms. The van der Waals surface area contributed by atoms with Gasteiger partial charge in [0.1, 0.15) is 12.3 Å². The molecule has 10 nitrogen and oxygen atoms in total. The van der Waals surface area contributed by atoms with Crippen LogP contribution in [-0.2, 0) is 30.3 Å². The van der Waals surface area contributed by atoms with Gasteiger partial charge in [-0.05, 0) is 11.8 Å². The number of nitrogens with zero attached hydrogens (tertiary/aromatic N) is 2. The largest absolute Gasteiger partial charge is 0.503 e. The van der Waals surface area contributed by atoms with Gasteiger partial charge in [-0.15, -0.1) is 0 Å². The van der Waals surface area contributed by atoms with Gasteiger partial charge in [-0.2, -0.15) is 4.98 Å². The number of nitrogens with two attached hydrogens (primary N) is 1. The fourth-order valence-corrected chi connectivity index (χ4v) is 3.17. The van der Waals surface area contributed by atoms with Crippen molar-refractivity contribution < 1.29 is 28.5 Å². The third-order valence-corrected chi connectivity index (χ3v) is 4.99. The molecule has 0 saturated carbocycles. The Balaban J connectivity index is 2.24. The van der Waals surface area contributed by atoms with Gasteiger partial charge < -0.3 is 34.3 Å². The summed E-state index contributed by atoms with van der Waals surface area (Å²) in [6.07, 6.45) is -0.698. The van der Waals surface area contributed by atoms with Crippen LogP contribution in [0.3, 0.4) is 0 Å². The van der Waals surface area contributed by atoms with Gasteiger partial charge in [-0.1, -0.05) is 0 Å². The summed E-state index contributed by atoms with van der Waals surface area (Å²) in [6, 6.07) is 0. The first-order valence-electron chi connectivity index (χ1n) is 6.56. The lowest BCUT2D eigenvalue weighted by Gasteiger charge is -2.21. The van der Waals surface area contributed by atoms with Crippen LogP contribution in [0.4, 0.5) is 5.82 Å². The summed E-state index contributed by atoms with van der Waals surface area (Å²) in [5, 5.41) is 9.61. The fraction of sp³-hybridized carbons (Fsp3) is 0.636. The predicted molar refractivity (Wildman–Crippen MR) is 83.4 cm³/mol. The first-order valence-corrected chi connectivity index (χ1v) is 9.15. The summed E-state index contributed by atoms with van der Waals surface area (Å²) in [4.78, 5) is 25.2. The van der Waals surface area contributed by atoms with E-state index in [0.29, 0.717) is 0 Å². The monoisotopic (exact) mass is 367 g/mol. The second kappa shape index (κ2) is 7.22. The van der Waals surface area contributed by atoms with Gasteiger partial charge in [0.05, 0.1) is 18.9 Å². The van der Waals surface area contributed by atoms with Crippen LogP contribution in [0.1, 0.15) is 12.6 Å². The van der Waals surface area contributed by atoms with Gasteiger partial charge in [0.15, 0.2) is 11.6 Å². The summed E-state index contributed by atoms with van der Waals surface area (Å²) in [7, 11) is 2.72. The second-order valence-corrected chi connectivity index (χ2v) is 7.71. The Bertz CT molecular complexity index is 670. The minimum Gasteiger partial charge on any atom is -0.503 e. The predicted octanol–water partition coefficient (Wildman–Crippen LogP) is -0.287. The molecule has 1 aromatic heterocycles. The number of ether oxygens (including phenoxy) is 2. The number of nitrogen functional groups attached to an aromatic ring is 1. The van der Waals surface area contributed by atoms with Gasteiger partial charge in [0.25, 0.3) is 0 Å². The summed E-state index contributed by atoms with van der Waals surface area (Å²) in [5.41, 5.74) is 4.69. The van der Waals surface area contributed by atoms with Crippen molar-refractivity contribution in [3.05, 3.63) is 16.7 Å². The highest BCUT2D eigenvalue weighted by Gasteiger charge is 2.40. The zero-order valence-corrected chi connectivity index (χ0v) is 14.2. The maximum atomic E-state index is 11.9. The van der Waals surface area contributed by atoms with E-state index >= 15 is 0 Å². The number of methoxy groups -OCH3 is 1. The summed E-state index contributed by atoms with van der Waals surface area (Å²) in [5.74, 6) is -0.610. The van der Waals surface area contributed by atoms with Crippen LogP contribution in [-0.4, -0.2) is 52.6 Å². The number of anilines is 1. The fourth-order valence-electron chi connectivity index (χ4n) is 2.19. The first-order chi connectivity index (χ1) is 10.8. The zero-order valence-electron chi connectivity index (χ0n) is 12.5. The number of hydrogen-bond acceptors (Lipinski definition) is 9. The van der Waals surface area contributed by atoms with Crippen molar-refractivity contribution in [2.75, 3.05) is 26.6 Å². The summed E-state index contributed by atoms with van der Waals surface area (Å²) < 4.78 is 22.0. The average molecular weight is 367 g/mol. The van der Waals surface area contributed by atoms with Gasteiger partial charge in [-0.25, -0.2) is 4.79 Å². The van der Waals surface area contributed by atoms with E-state index in [4.69, 9.17) is 36.1 Å². The standard InChI is InChI=1S/C11H18N3O7PS/c1-18-5-8-7(21-22(17,23)19-2)3-9(20-8)14-4-6(15)10(12)13-11(14)16/h4,7-9,15H,3,5H2,1-2H3,(H,17,23)(H2,12,13,16). The molecule has 1 aliphatic heterocycles. The Morgan fingerprint density at radius 2 is 2.30 bits per heavy atom. The minimum atomic E-state index is -3.41. The van der Waals surface area contributed by atoms with Crippen LogP contribution < -0.4 is 11.4 Å². The molecule has 0 bridgehead atoms. The molecule has 4 unspecified atom stereocenters. The maximum Gasteiger partial charge on any atom is 0.351 e. The normalized spacial score (nSPS) is 27.0. The van der Waals surface area contributed by atoms with E-state index in [1.165, 1.54) is 14.2 Å². The van der Waals surface area contributed by atoms with Crippen LogP contribution in [0.5, 0.6) is 5.75 Å². The van der Waals surface area contributed by atoms with Crippen LogP contribution in [0, 0.1) is 0 Å². The maximum absolute atomic E-state index is 11.9. The van der Waals surface area contributed by atoms with Crippen molar-refractivity contribution in [2.45, 2.75) is 24.9 Å². The van der Waals surface area contributed by atoms with Crippen molar-refractivity contribution in [3.8, 4) is 5.75 Å². The van der Waals surface area contributed by atoms with Crippen LogP contribution in [0.15, 0.2) is 11.0 Å². The summed E-state index contributed by atoms with van der Waals surface area (Å²) in [6.45, 7) is -3.25. The average Bonchev–Trinajstić information content (AvgIpc) is 2.85. The van der Waals surface area contributed by atoms with E-state index in [0.717, 1.165) is 10.8 Å². The lowest BCUT2D eigenvalue weighted by Crippen LogP contribution is -2.29. The smallest absolute Gasteiger partial charge is 0.351 e. The third kappa shape index (κ3) is 4.27. The molecule has 0 aromatic carbocycles. The molecule has 0 amide bonds. The minimum absolute atomic E-state index is 0.156. The third-order valence-electron chi connectivity index (χ3n) is 3.28. The van der Waals surface area contributed by atoms with Gasteiger partial charge >= 0.3 is 12.4 Å². The molecule has 0 aliphatic carbocycles. The molecular formula is C11H18N3O7PS. The van der Waals surface area contributed by atoms with E-state index in [2.05, 4.69) is 4.98 Å². The first kappa shape index (κ1) is 18.3. The molecule has 1 saturated heterocycles. The molecule has 2 rings (SSSR count). The van der Waals surface area contributed by atoms with Crippen molar-refractivity contribution >= 4 is 24.3 Å². The molecule has 12 heteroatoms. The SMILES string of the molecule is COCC1OC(n2cc(O)c(N)nc2=O)CC1OP(O)(=S)OC. The molecule has 4 atom stereocenters. The number of rotatable bonds is 6. The molecule has 0 radical (unpaired) electrons. The van der Waals surface area contributed by atoms with E-state index in [-0.39, 0.29) is 24.6 Å². The van der Waals surface area contributed by atoms with Crippen molar-refractivity contribution in [3.63, 3.8) is 0 Å². The van der Waals surface area contributed by atoms with Gasteiger partial charge in [0, 0.05) is 20.6 Å². The Kier molecular flexibility index (Phi) is 5.74. The molecule has 1 aliphatic rings. The van der Waals surface area contributed by atoms with Crippen molar-refractivity contribution in [2.24, 2.45) is 0 Å². The lowest BCUT2D eigenvalue weighted by atomic mass is 10.2. The van der Waals surface area contributed by atoms with E-state index in [1.54, 1.807) is 0 Å². The van der Waals surface area contributed by atoms with Crippen LogP contribution >= 0.6 is 6.72 Å². The topological polar surface area (TPSA) is 138 Å². The van der Waals surface area contributed by atoms with Crippen LogP contribution in [0.2, 0.25) is 0 Å². The lowest BCUT2D eigenvalue weighted by molar-refractivity contribution is -0.0526. The quantitative estimate of drug-likeness (QED) is 0.575.